The molecule has 0 radical (unpaired) electrons. The van der Waals surface area contributed by atoms with Crippen LogP contribution in [0.15, 0.2) is 29.2 Å². The molecule has 0 unspecified atom stereocenters. The third-order valence-corrected chi connectivity index (χ3v) is 7.83. The highest BCUT2D eigenvalue weighted by atomic mass is 32.2. The van der Waals surface area contributed by atoms with E-state index in [-0.39, 0.29) is 16.7 Å². The lowest BCUT2D eigenvalue weighted by atomic mass is 10.2. The van der Waals surface area contributed by atoms with Gasteiger partial charge in [-0.1, -0.05) is 0 Å². The molecule has 2 N–H and O–H groups in total. The van der Waals surface area contributed by atoms with Gasteiger partial charge >= 0.3 is 0 Å². The molecule has 29 heavy (non-hydrogen) atoms. The molecule has 1 saturated carbocycles. The number of carbonyl (C=O) groups is 2. The molecule has 0 atom stereocenters. The van der Waals surface area contributed by atoms with Crippen molar-refractivity contribution in [2.24, 2.45) is 0 Å². The van der Waals surface area contributed by atoms with Gasteiger partial charge in [0.05, 0.1) is 31.1 Å². The van der Waals surface area contributed by atoms with Crippen molar-refractivity contribution in [2.45, 2.75) is 36.6 Å². The maximum Gasteiger partial charge on any atom is 0.275 e. The third kappa shape index (κ3) is 4.79. The number of piperazine rings is 1. The fourth-order valence-corrected chi connectivity index (χ4v) is 5.48. The molecule has 0 spiro atoms. The van der Waals surface area contributed by atoms with Crippen LogP contribution in [0.5, 0.6) is 0 Å². The van der Waals surface area contributed by atoms with Gasteiger partial charge < -0.3 is 15.1 Å². The van der Waals surface area contributed by atoms with Crippen LogP contribution in [0.1, 0.15) is 36.0 Å². The lowest BCUT2D eigenvalue weighted by molar-refractivity contribution is -0.896. The normalized spacial score (nSPS) is 21.3. The van der Waals surface area contributed by atoms with Crippen molar-refractivity contribution in [3.8, 4) is 0 Å². The minimum absolute atomic E-state index is 0.0865. The van der Waals surface area contributed by atoms with E-state index in [1.165, 1.54) is 21.3 Å². The number of amides is 2. The number of nitrogens with one attached hydrogen (secondary N) is 2. The molecule has 1 aromatic rings. The number of carbonyl (C=O) groups excluding carboxylic acids is 2. The largest absolute Gasteiger partial charge is 0.348 e. The molecule has 2 aliphatic heterocycles. The van der Waals surface area contributed by atoms with Crippen molar-refractivity contribution < 1.29 is 22.9 Å². The molecule has 2 heterocycles. The monoisotopic (exact) mass is 421 g/mol. The molecule has 1 aromatic carbocycles. The highest BCUT2D eigenvalue weighted by Gasteiger charge is 2.30. The molecule has 2 saturated heterocycles. The molecule has 2 amide bonds. The van der Waals surface area contributed by atoms with E-state index in [1.54, 1.807) is 17.0 Å². The van der Waals surface area contributed by atoms with Gasteiger partial charge in [0.15, 0.2) is 6.54 Å². The standard InChI is InChI=1S/C20H28N4O4S/c25-19(21-17-5-6-17)15-22-11-13-23(14-12-22)20(26)16-3-7-18(8-4-16)29(27,28)24-9-1-2-10-24/h3-4,7-8,17H,1-2,5-6,9-15H2,(H,21,25)/p+1. The topological polar surface area (TPSA) is 91.2 Å². The maximum absolute atomic E-state index is 12.8. The van der Waals surface area contributed by atoms with Crippen LogP contribution in [-0.4, -0.2) is 81.3 Å². The van der Waals surface area contributed by atoms with Gasteiger partial charge in [0.2, 0.25) is 10.0 Å². The van der Waals surface area contributed by atoms with Gasteiger partial charge in [0, 0.05) is 24.7 Å². The summed E-state index contributed by atoms with van der Waals surface area (Å²) in [4.78, 5) is 27.9. The van der Waals surface area contributed by atoms with Gasteiger partial charge in [-0.25, -0.2) is 8.42 Å². The van der Waals surface area contributed by atoms with Crippen molar-refractivity contribution in [1.82, 2.24) is 14.5 Å². The van der Waals surface area contributed by atoms with Crippen molar-refractivity contribution in [3.05, 3.63) is 29.8 Å². The third-order valence-electron chi connectivity index (χ3n) is 5.91. The molecule has 0 bridgehead atoms. The summed E-state index contributed by atoms with van der Waals surface area (Å²) >= 11 is 0. The average Bonchev–Trinajstić information content (AvgIpc) is 3.34. The predicted octanol–water partition coefficient (Wildman–Crippen LogP) is -0.910. The first-order valence-electron chi connectivity index (χ1n) is 10.5. The van der Waals surface area contributed by atoms with Crippen molar-refractivity contribution >= 4 is 21.8 Å². The smallest absolute Gasteiger partial charge is 0.275 e. The first-order chi connectivity index (χ1) is 13.9. The van der Waals surface area contributed by atoms with Crippen LogP contribution in [0, 0.1) is 0 Å². The van der Waals surface area contributed by atoms with Gasteiger partial charge in [-0.15, -0.1) is 0 Å². The summed E-state index contributed by atoms with van der Waals surface area (Å²) < 4.78 is 26.7. The maximum atomic E-state index is 12.8. The second-order valence-corrected chi connectivity index (χ2v) is 10.1. The molecule has 3 fully saturated rings. The number of benzene rings is 1. The van der Waals surface area contributed by atoms with Crippen LogP contribution in [0.25, 0.3) is 0 Å². The van der Waals surface area contributed by atoms with Gasteiger partial charge in [0.25, 0.3) is 11.8 Å². The number of nitrogens with zero attached hydrogens (tertiary/aromatic N) is 2. The van der Waals surface area contributed by atoms with Crippen LogP contribution in [0.3, 0.4) is 0 Å². The van der Waals surface area contributed by atoms with Gasteiger partial charge in [-0.3, -0.25) is 9.59 Å². The van der Waals surface area contributed by atoms with Gasteiger partial charge in [-0.05, 0) is 49.9 Å². The predicted molar refractivity (Wildman–Crippen MR) is 107 cm³/mol. The second kappa shape index (κ2) is 8.41. The summed E-state index contributed by atoms with van der Waals surface area (Å²) in [6.45, 7) is 4.26. The van der Waals surface area contributed by atoms with E-state index < -0.39 is 10.0 Å². The zero-order chi connectivity index (χ0) is 20.4. The molecule has 0 aromatic heterocycles. The highest BCUT2D eigenvalue weighted by molar-refractivity contribution is 7.89. The second-order valence-electron chi connectivity index (χ2n) is 8.20. The summed E-state index contributed by atoms with van der Waals surface area (Å²) in [7, 11) is -3.46. The lowest BCUT2D eigenvalue weighted by Gasteiger charge is -2.32. The summed E-state index contributed by atoms with van der Waals surface area (Å²) in [6.07, 6.45) is 3.96. The molecular formula is C20H29N4O4S+. The van der Waals surface area contributed by atoms with Crippen LogP contribution in [-0.2, 0) is 14.8 Å². The summed E-state index contributed by atoms with van der Waals surface area (Å²) in [5.74, 6) is 0.00804. The number of quaternary nitrogens is 1. The Morgan fingerprint density at radius 2 is 1.62 bits per heavy atom. The van der Waals surface area contributed by atoms with Crippen LogP contribution >= 0.6 is 0 Å². The number of rotatable bonds is 6. The molecule has 158 valence electrons. The fourth-order valence-electron chi connectivity index (χ4n) is 3.97. The van der Waals surface area contributed by atoms with E-state index in [9.17, 15) is 18.0 Å². The molecule has 3 aliphatic rings. The van der Waals surface area contributed by atoms with E-state index in [4.69, 9.17) is 0 Å². The van der Waals surface area contributed by atoms with E-state index in [0.717, 1.165) is 38.8 Å². The summed E-state index contributed by atoms with van der Waals surface area (Å²) in [6, 6.07) is 6.65. The molecular weight excluding hydrogens is 392 g/mol. The minimum atomic E-state index is -3.46. The summed E-state index contributed by atoms with van der Waals surface area (Å²) in [5, 5.41) is 3.01. The Labute approximate surface area is 171 Å². The van der Waals surface area contributed by atoms with E-state index in [1.807, 2.05) is 0 Å². The van der Waals surface area contributed by atoms with Crippen molar-refractivity contribution in [3.63, 3.8) is 0 Å². The van der Waals surface area contributed by atoms with E-state index in [0.29, 0.717) is 44.3 Å². The number of hydrogen-bond acceptors (Lipinski definition) is 4. The van der Waals surface area contributed by atoms with Gasteiger partial charge in [0.1, 0.15) is 0 Å². The Bertz CT molecular complexity index is 853. The summed E-state index contributed by atoms with van der Waals surface area (Å²) in [5.41, 5.74) is 0.500. The first-order valence-corrected chi connectivity index (χ1v) is 11.9. The molecule has 4 rings (SSSR count). The minimum Gasteiger partial charge on any atom is -0.348 e. The van der Waals surface area contributed by atoms with E-state index >= 15 is 0 Å². The van der Waals surface area contributed by atoms with Crippen LogP contribution in [0.4, 0.5) is 0 Å². The Hall–Kier alpha value is -1.97. The Kier molecular flexibility index (Phi) is 5.89. The Morgan fingerprint density at radius 3 is 2.21 bits per heavy atom. The van der Waals surface area contributed by atoms with Crippen molar-refractivity contribution in [1.29, 1.82) is 0 Å². The lowest BCUT2D eigenvalue weighted by Crippen LogP contribution is -3.15. The van der Waals surface area contributed by atoms with Crippen LogP contribution < -0.4 is 10.2 Å². The zero-order valence-electron chi connectivity index (χ0n) is 16.6. The van der Waals surface area contributed by atoms with Crippen LogP contribution in [0.2, 0.25) is 0 Å². The Morgan fingerprint density at radius 1 is 1.00 bits per heavy atom. The van der Waals surface area contributed by atoms with Gasteiger partial charge in [-0.2, -0.15) is 4.31 Å². The molecule has 1 aliphatic carbocycles. The first kappa shape index (κ1) is 20.3. The SMILES string of the molecule is O=C(C[NH+]1CCN(C(=O)c2ccc(S(=O)(=O)N3CCCC3)cc2)CC1)NC1CC1. The average molecular weight is 422 g/mol. The van der Waals surface area contributed by atoms with Crippen molar-refractivity contribution in [2.75, 3.05) is 45.8 Å². The number of sulfonamides is 1. The highest BCUT2D eigenvalue weighted by Crippen LogP contribution is 2.21. The fraction of sp³-hybridized carbons (Fsp3) is 0.600. The zero-order valence-corrected chi connectivity index (χ0v) is 17.4. The van der Waals surface area contributed by atoms with E-state index in [2.05, 4.69) is 5.32 Å². The number of hydrogen-bond donors (Lipinski definition) is 2. The quantitative estimate of drug-likeness (QED) is 0.622. The Balaban J connectivity index is 1.31. The molecule has 8 nitrogen and oxygen atoms in total. The molecule has 9 heteroatoms.